The molecular formula is C10H7BrClFN2O. The van der Waals surface area contributed by atoms with Crippen molar-refractivity contribution in [3.05, 3.63) is 34.4 Å². The fraction of sp³-hybridized carbons (Fsp3) is 0.200. The van der Waals surface area contributed by atoms with Gasteiger partial charge in [-0.15, -0.1) is 11.6 Å². The molecule has 2 rings (SSSR count). The van der Waals surface area contributed by atoms with Crippen molar-refractivity contribution in [1.29, 1.82) is 0 Å². The van der Waals surface area contributed by atoms with Crippen LogP contribution in [0.3, 0.4) is 0 Å². The lowest BCUT2D eigenvalue weighted by Crippen LogP contribution is -1.87. The van der Waals surface area contributed by atoms with Crippen LogP contribution in [0.25, 0.3) is 11.4 Å². The summed E-state index contributed by atoms with van der Waals surface area (Å²) in [6, 6.07) is 4.43. The lowest BCUT2D eigenvalue weighted by Gasteiger charge is -1.96. The second kappa shape index (κ2) is 4.93. The van der Waals surface area contributed by atoms with Gasteiger partial charge in [-0.2, -0.15) is 4.98 Å². The van der Waals surface area contributed by atoms with Gasteiger partial charge in [0.2, 0.25) is 11.7 Å². The lowest BCUT2D eigenvalue weighted by atomic mass is 10.2. The van der Waals surface area contributed by atoms with Crippen molar-refractivity contribution >= 4 is 27.5 Å². The van der Waals surface area contributed by atoms with Crippen LogP contribution in [0.4, 0.5) is 4.39 Å². The highest BCUT2D eigenvalue weighted by Crippen LogP contribution is 2.22. The van der Waals surface area contributed by atoms with Gasteiger partial charge in [0.1, 0.15) is 5.82 Å². The maximum Gasteiger partial charge on any atom is 0.228 e. The number of rotatable bonds is 3. The lowest BCUT2D eigenvalue weighted by molar-refractivity contribution is 0.383. The minimum absolute atomic E-state index is 0.354. The SMILES string of the molecule is Fc1cc(Br)cc(-c2noc(CCCl)n2)c1. The van der Waals surface area contributed by atoms with Crippen molar-refractivity contribution in [3.8, 4) is 11.4 Å². The topological polar surface area (TPSA) is 38.9 Å². The molecule has 16 heavy (non-hydrogen) atoms. The summed E-state index contributed by atoms with van der Waals surface area (Å²) >= 11 is 8.75. The third kappa shape index (κ3) is 2.59. The Morgan fingerprint density at radius 1 is 1.38 bits per heavy atom. The number of halogens is 3. The third-order valence-corrected chi connectivity index (χ3v) is 2.54. The van der Waals surface area contributed by atoms with E-state index < -0.39 is 0 Å². The molecule has 0 unspecified atom stereocenters. The largest absolute Gasteiger partial charge is 0.339 e. The Morgan fingerprint density at radius 2 is 2.19 bits per heavy atom. The van der Waals surface area contributed by atoms with Crippen molar-refractivity contribution in [2.45, 2.75) is 6.42 Å². The Morgan fingerprint density at radius 3 is 2.88 bits per heavy atom. The van der Waals surface area contributed by atoms with Gasteiger partial charge >= 0.3 is 0 Å². The van der Waals surface area contributed by atoms with Crippen LogP contribution in [0.15, 0.2) is 27.2 Å². The van der Waals surface area contributed by atoms with E-state index in [2.05, 4.69) is 26.1 Å². The second-order valence-electron chi connectivity index (χ2n) is 3.11. The van der Waals surface area contributed by atoms with Crippen LogP contribution in [-0.4, -0.2) is 16.0 Å². The molecule has 84 valence electrons. The molecule has 0 amide bonds. The van der Waals surface area contributed by atoms with Crippen molar-refractivity contribution in [1.82, 2.24) is 10.1 Å². The summed E-state index contributed by atoms with van der Waals surface area (Å²) in [6.45, 7) is 0. The summed E-state index contributed by atoms with van der Waals surface area (Å²) in [4.78, 5) is 4.10. The highest BCUT2D eigenvalue weighted by atomic mass is 79.9. The molecule has 0 N–H and O–H groups in total. The zero-order chi connectivity index (χ0) is 11.5. The first kappa shape index (κ1) is 11.5. The predicted octanol–water partition coefficient (Wildman–Crippen LogP) is 3.42. The Kier molecular flexibility index (Phi) is 3.56. The fourth-order valence-electron chi connectivity index (χ4n) is 1.24. The van der Waals surface area contributed by atoms with Crippen molar-refractivity contribution in [2.75, 3.05) is 5.88 Å². The molecule has 0 spiro atoms. The van der Waals surface area contributed by atoms with Crippen molar-refractivity contribution in [3.63, 3.8) is 0 Å². The van der Waals surface area contributed by atoms with E-state index in [0.717, 1.165) is 0 Å². The molecule has 3 nitrogen and oxygen atoms in total. The van der Waals surface area contributed by atoms with Gasteiger partial charge in [0.25, 0.3) is 0 Å². The van der Waals surface area contributed by atoms with Crippen LogP contribution in [0.5, 0.6) is 0 Å². The maximum atomic E-state index is 13.1. The average Bonchev–Trinajstić information content (AvgIpc) is 2.65. The second-order valence-corrected chi connectivity index (χ2v) is 4.40. The van der Waals surface area contributed by atoms with Gasteiger partial charge < -0.3 is 4.52 Å². The first-order valence-electron chi connectivity index (χ1n) is 4.54. The zero-order valence-corrected chi connectivity index (χ0v) is 10.4. The molecule has 0 aliphatic heterocycles. The highest BCUT2D eigenvalue weighted by Gasteiger charge is 2.09. The monoisotopic (exact) mass is 304 g/mol. The smallest absolute Gasteiger partial charge is 0.228 e. The molecule has 1 aromatic heterocycles. The first-order chi connectivity index (χ1) is 7.69. The standard InChI is InChI=1S/C10H7BrClFN2O/c11-7-3-6(4-8(13)5-7)10-14-9(1-2-12)16-15-10/h3-5H,1-2H2. The molecule has 0 bridgehead atoms. The highest BCUT2D eigenvalue weighted by molar-refractivity contribution is 9.10. The summed E-state index contributed by atoms with van der Waals surface area (Å²) in [6.07, 6.45) is 0.505. The number of alkyl halides is 1. The molecule has 0 fully saturated rings. The van der Waals surface area contributed by atoms with Gasteiger partial charge in [-0.3, -0.25) is 0 Å². The molecule has 0 saturated heterocycles. The van der Waals surface area contributed by atoms with Crippen LogP contribution >= 0.6 is 27.5 Å². The van der Waals surface area contributed by atoms with Gasteiger partial charge in [-0.25, -0.2) is 4.39 Å². The summed E-state index contributed by atoms with van der Waals surface area (Å²) in [5, 5.41) is 3.76. The van der Waals surface area contributed by atoms with Crippen LogP contribution in [0.2, 0.25) is 0 Å². The summed E-state index contributed by atoms with van der Waals surface area (Å²) in [5.41, 5.74) is 0.566. The van der Waals surface area contributed by atoms with E-state index in [1.54, 1.807) is 6.07 Å². The minimum Gasteiger partial charge on any atom is -0.339 e. The third-order valence-electron chi connectivity index (χ3n) is 1.90. The Bertz CT molecular complexity index is 483. The van der Waals surface area contributed by atoms with Gasteiger partial charge in [0.05, 0.1) is 0 Å². The number of benzene rings is 1. The number of aromatic nitrogens is 2. The van der Waals surface area contributed by atoms with Crippen molar-refractivity contribution in [2.24, 2.45) is 0 Å². The Hall–Kier alpha value is -0.940. The summed E-state index contributed by atoms with van der Waals surface area (Å²) < 4.78 is 18.7. The van der Waals surface area contributed by atoms with Gasteiger partial charge in [0, 0.05) is 22.3 Å². The van der Waals surface area contributed by atoms with E-state index in [1.807, 2.05) is 0 Å². The number of hydrogen-bond acceptors (Lipinski definition) is 3. The predicted molar refractivity (Wildman–Crippen MR) is 61.8 cm³/mol. The Balaban J connectivity index is 2.34. The van der Waals surface area contributed by atoms with Crippen LogP contribution in [0, 0.1) is 5.82 Å². The van der Waals surface area contributed by atoms with E-state index in [0.29, 0.717) is 34.1 Å². The molecular weight excluding hydrogens is 298 g/mol. The zero-order valence-electron chi connectivity index (χ0n) is 8.08. The van der Waals surface area contributed by atoms with Gasteiger partial charge in [-0.1, -0.05) is 21.1 Å². The van der Waals surface area contributed by atoms with Gasteiger partial charge in [0.15, 0.2) is 0 Å². The average molecular weight is 306 g/mol. The van der Waals surface area contributed by atoms with Crippen molar-refractivity contribution < 1.29 is 8.91 Å². The Labute approximate surface area is 105 Å². The van der Waals surface area contributed by atoms with E-state index in [1.165, 1.54) is 12.1 Å². The molecule has 0 saturated carbocycles. The fourth-order valence-corrected chi connectivity index (χ4v) is 1.86. The maximum absolute atomic E-state index is 13.1. The number of aryl methyl sites for hydroxylation is 1. The van der Waals surface area contributed by atoms with E-state index >= 15 is 0 Å². The van der Waals surface area contributed by atoms with Crippen LogP contribution in [0.1, 0.15) is 5.89 Å². The number of hydrogen-bond donors (Lipinski definition) is 0. The molecule has 1 aromatic carbocycles. The molecule has 0 radical (unpaired) electrons. The number of nitrogens with zero attached hydrogens (tertiary/aromatic N) is 2. The van der Waals surface area contributed by atoms with Gasteiger partial charge in [-0.05, 0) is 18.2 Å². The summed E-state index contributed by atoms with van der Waals surface area (Å²) in [7, 11) is 0. The van der Waals surface area contributed by atoms with Crippen LogP contribution in [-0.2, 0) is 6.42 Å². The first-order valence-corrected chi connectivity index (χ1v) is 5.87. The molecule has 0 aliphatic rings. The minimum atomic E-state index is -0.354. The quantitative estimate of drug-likeness (QED) is 0.816. The van der Waals surface area contributed by atoms with E-state index in [4.69, 9.17) is 16.1 Å². The molecule has 0 aliphatic carbocycles. The molecule has 2 aromatic rings. The molecule has 1 heterocycles. The summed E-state index contributed by atoms with van der Waals surface area (Å²) in [5.74, 6) is 0.868. The van der Waals surface area contributed by atoms with E-state index in [-0.39, 0.29) is 5.82 Å². The molecule has 6 heteroatoms. The van der Waals surface area contributed by atoms with Crippen LogP contribution < -0.4 is 0 Å². The normalized spacial score (nSPS) is 10.7. The molecule has 0 atom stereocenters. The van der Waals surface area contributed by atoms with E-state index in [9.17, 15) is 4.39 Å².